The van der Waals surface area contributed by atoms with Gasteiger partial charge < -0.3 is 11.1 Å². The van der Waals surface area contributed by atoms with E-state index < -0.39 is 5.54 Å². The maximum Gasteiger partial charge on any atom is 0.244 e. The van der Waals surface area contributed by atoms with Crippen LogP contribution in [0.5, 0.6) is 0 Å². The molecule has 0 radical (unpaired) electrons. The van der Waals surface area contributed by atoms with E-state index in [1.54, 1.807) is 6.20 Å². The Bertz CT molecular complexity index is 695. The van der Waals surface area contributed by atoms with Gasteiger partial charge in [-0.15, -0.1) is 12.4 Å². The van der Waals surface area contributed by atoms with Crippen LogP contribution in [0.4, 0.5) is 5.69 Å². The maximum absolute atomic E-state index is 12.4. The van der Waals surface area contributed by atoms with Crippen LogP contribution in [0.2, 0.25) is 0 Å². The molecule has 1 saturated carbocycles. The highest BCUT2D eigenvalue weighted by Crippen LogP contribution is 2.27. The summed E-state index contributed by atoms with van der Waals surface area (Å²) in [6.07, 6.45) is 9.43. The second-order valence-electron chi connectivity index (χ2n) is 6.54. The van der Waals surface area contributed by atoms with E-state index in [4.69, 9.17) is 5.73 Å². The lowest BCUT2D eigenvalue weighted by Crippen LogP contribution is -2.52. The number of rotatable bonds is 5. The third-order valence-corrected chi connectivity index (χ3v) is 5.05. The summed E-state index contributed by atoms with van der Waals surface area (Å²) in [6.45, 7) is 0.823. The van der Waals surface area contributed by atoms with Crippen molar-refractivity contribution in [2.24, 2.45) is 5.73 Å². The molecule has 3 rings (SSSR count). The Hall–Kier alpha value is -1.37. The summed E-state index contributed by atoms with van der Waals surface area (Å²) in [4.78, 5) is 12.4. The molecule has 1 fully saturated rings. The Morgan fingerprint density at radius 2 is 1.92 bits per heavy atom. The summed E-state index contributed by atoms with van der Waals surface area (Å²) < 4.78 is 2.89. The van der Waals surface area contributed by atoms with Gasteiger partial charge in [0.25, 0.3) is 0 Å². The minimum Gasteiger partial charge on any atom is -0.324 e. The molecule has 0 atom stereocenters. The monoisotopic (exact) mass is 426 g/mol. The number of benzene rings is 1. The lowest BCUT2D eigenvalue weighted by atomic mass is 9.82. The van der Waals surface area contributed by atoms with Gasteiger partial charge in [-0.1, -0.05) is 31.4 Å². The van der Waals surface area contributed by atoms with Gasteiger partial charge in [-0.25, -0.2) is 0 Å². The molecule has 2 aromatic rings. The van der Waals surface area contributed by atoms with E-state index in [0.717, 1.165) is 48.8 Å². The van der Waals surface area contributed by atoms with Gasteiger partial charge in [0.2, 0.25) is 5.91 Å². The molecular weight excluding hydrogens is 404 g/mol. The Morgan fingerprint density at radius 3 is 2.52 bits per heavy atom. The van der Waals surface area contributed by atoms with Gasteiger partial charge in [-0.3, -0.25) is 9.48 Å². The number of carbonyl (C=O) groups is 1. The van der Waals surface area contributed by atoms with Crippen molar-refractivity contribution in [1.29, 1.82) is 0 Å². The smallest absolute Gasteiger partial charge is 0.244 e. The molecule has 0 bridgehead atoms. The molecule has 1 heterocycles. The molecule has 1 amide bonds. The minimum absolute atomic E-state index is 0. The molecule has 136 valence electrons. The zero-order chi connectivity index (χ0) is 17.0. The topological polar surface area (TPSA) is 72.9 Å². The number of hydrogen-bond donors (Lipinski definition) is 2. The molecular formula is C18H24BrClN4O. The van der Waals surface area contributed by atoms with Gasteiger partial charge in [0, 0.05) is 18.4 Å². The highest BCUT2D eigenvalue weighted by molar-refractivity contribution is 9.10. The quantitative estimate of drug-likeness (QED) is 0.760. The molecule has 1 aromatic heterocycles. The van der Waals surface area contributed by atoms with Gasteiger partial charge in [-0.2, -0.15) is 5.10 Å². The summed E-state index contributed by atoms with van der Waals surface area (Å²) in [5.74, 6) is -0.0589. The number of amides is 1. The van der Waals surface area contributed by atoms with Crippen molar-refractivity contribution in [3.05, 3.63) is 46.7 Å². The average molecular weight is 428 g/mol. The third kappa shape index (κ3) is 5.30. The predicted octanol–water partition coefficient (Wildman–Crippen LogP) is 3.91. The molecule has 5 nitrogen and oxygen atoms in total. The number of carbonyl (C=O) groups excluding carboxylic acids is 1. The normalized spacial score (nSPS) is 16.1. The van der Waals surface area contributed by atoms with Crippen molar-refractivity contribution in [1.82, 2.24) is 9.78 Å². The van der Waals surface area contributed by atoms with Crippen molar-refractivity contribution in [3.63, 3.8) is 0 Å². The fraction of sp³-hybridized carbons (Fsp3) is 0.444. The third-order valence-electron chi connectivity index (χ3n) is 4.64. The molecule has 0 aliphatic heterocycles. The number of aryl methyl sites for hydroxylation is 2. The number of nitrogens with zero attached hydrogens (tertiary/aromatic N) is 2. The second-order valence-corrected chi connectivity index (χ2v) is 7.46. The first-order valence-corrected chi connectivity index (χ1v) is 9.22. The van der Waals surface area contributed by atoms with E-state index in [1.165, 1.54) is 12.0 Å². The number of halogens is 2. The first kappa shape index (κ1) is 19.9. The summed E-state index contributed by atoms with van der Waals surface area (Å²) in [6, 6.07) is 7.97. The van der Waals surface area contributed by atoms with Crippen LogP contribution < -0.4 is 11.1 Å². The van der Waals surface area contributed by atoms with E-state index in [9.17, 15) is 4.79 Å². The molecule has 0 saturated heterocycles. The molecule has 7 heteroatoms. The highest BCUT2D eigenvalue weighted by atomic mass is 79.9. The van der Waals surface area contributed by atoms with Crippen molar-refractivity contribution in [2.75, 3.05) is 5.32 Å². The summed E-state index contributed by atoms with van der Waals surface area (Å²) in [5.41, 5.74) is 7.58. The number of hydrogen-bond acceptors (Lipinski definition) is 3. The fourth-order valence-electron chi connectivity index (χ4n) is 3.12. The first-order chi connectivity index (χ1) is 11.5. The van der Waals surface area contributed by atoms with Crippen molar-refractivity contribution in [2.45, 2.75) is 50.6 Å². The minimum atomic E-state index is -0.704. The Balaban J connectivity index is 0.00000225. The Morgan fingerprint density at radius 1 is 1.24 bits per heavy atom. The van der Waals surface area contributed by atoms with Crippen LogP contribution in [-0.2, 0) is 17.8 Å². The van der Waals surface area contributed by atoms with E-state index in [-0.39, 0.29) is 18.3 Å². The van der Waals surface area contributed by atoms with Crippen LogP contribution >= 0.6 is 28.3 Å². The van der Waals surface area contributed by atoms with Crippen LogP contribution in [0, 0.1) is 0 Å². The molecule has 1 aliphatic carbocycles. The van der Waals surface area contributed by atoms with E-state index in [2.05, 4.69) is 26.3 Å². The zero-order valence-electron chi connectivity index (χ0n) is 14.1. The summed E-state index contributed by atoms with van der Waals surface area (Å²) in [5, 5.41) is 7.21. The molecule has 0 spiro atoms. The summed E-state index contributed by atoms with van der Waals surface area (Å²) in [7, 11) is 0. The van der Waals surface area contributed by atoms with E-state index in [1.807, 2.05) is 35.1 Å². The average Bonchev–Trinajstić information content (AvgIpc) is 3.00. The van der Waals surface area contributed by atoms with Crippen molar-refractivity contribution < 1.29 is 4.79 Å². The largest absolute Gasteiger partial charge is 0.324 e. The van der Waals surface area contributed by atoms with Crippen LogP contribution in [0.3, 0.4) is 0 Å². The molecule has 0 unspecified atom stereocenters. The zero-order valence-corrected chi connectivity index (χ0v) is 16.5. The maximum atomic E-state index is 12.4. The highest BCUT2D eigenvalue weighted by Gasteiger charge is 2.35. The number of nitrogens with two attached hydrogens (primary N) is 1. The van der Waals surface area contributed by atoms with Crippen LogP contribution in [-0.4, -0.2) is 21.2 Å². The van der Waals surface area contributed by atoms with Crippen molar-refractivity contribution >= 4 is 39.9 Å². The van der Waals surface area contributed by atoms with Gasteiger partial charge in [0.05, 0.1) is 16.2 Å². The molecule has 25 heavy (non-hydrogen) atoms. The summed E-state index contributed by atoms with van der Waals surface area (Å²) >= 11 is 3.39. The molecule has 1 aliphatic rings. The van der Waals surface area contributed by atoms with Crippen LogP contribution in [0.1, 0.15) is 37.7 Å². The molecule has 3 N–H and O–H groups in total. The first-order valence-electron chi connectivity index (χ1n) is 8.42. The second kappa shape index (κ2) is 8.83. The SMILES string of the molecule is Cl.NC1(C(=O)Nc2ccc(CCn3cc(Br)cn3)cc2)CCCCC1. The lowest BCUT2D eigenvalue weighted by molar-refractivity contribution is -0.122. The van der Waals surface area contributed by atoms with Gasteiger partial charge in [0.1, 0.15) is 0 Å². The molecule has 1 aromatic carbocycles. The number of anilines is 1. The van der Waals surface area contributed by atoms with E-state index >= 15 is 0 Å². The van der Waals surface area contributed by atoms with Gasteiger partial charge in [0.15, 0.2) is 0 Å². The van der Waals surface area contributed by atoms with Crippen LogP contribution in [0.15, 0.2) is 41.1 Å². The Labute approximate surface area is 162 Å². The lowest BCUT2D eigenvalue weighted by Gasteiger charge is -2.31. The predicted molar refractivity (Wildman–Crippen MR) is 106 cm³/mol. The van der Waals surface area contributed by atoms with Gasteiger partial charge >= 0.3 is 0 Å². The van der Waals surface area contributed by atoms with Crippen LogP contribution in [0.25, 0.3) is 0 Å². The standard InChI is InChI=1S/C18H23BrN4O.ClH/c19-15-12-21-23(13-15)11-8-14-4-6-16(7-5-14)22-17(24)18(20)9-2-1-3-10-18;/h4-7,12-13H,1-3,8-11,20H2,(H,22,24);1H. The number of nitrogens with one attached hydrogen (secondary N) is 1. The van der Waals surface area contributed by atoms with Gasteiger partial charge in [-0.05, 0) is 52.9 Å². The van der Waals surface area contributed by atoms with Crippen molar-refractivity contribution in [3.8, 4) is 0 Å². The Kier molecular flexibility index (Phi) is 7.04. The fourth-order valence-corrected chi connectivity index (χ4v) is 3.45. The number of aromatic nitrogens is 2. The van der Waals surface area contributed by atoms with E-state index in [0.29, 0.717) is 0 Å².